The minimum Gasteiger partial charge on any atom is -0.467 e. The number of carbonyl (C=O) groups is 3. The van der Waals surface area contributed by atoms with Gasteiger partial charge >= 0.3 is 5.97 Å². The van der Waals surface area contributed by atoms with E-state index in [1.807, 2.05) is 44.2 Å². The normalized spacial score (nSPS) is 14.8. The van der Waals surface area contributed by atoms with Crippen LogP contribution in [0.2, 0.25) is 0 Å². The molecule has 7 heteroatoms. The van der Waals surface area contributed by atoms with E-state index >= 15 is 0 Å². The zero-order chi connectivity index (χ0) is 19.1. The average molecular weight is 359 g/mol. The van der Waals surface area contributed by atoms with Crippen LogP contribution in [-0.2, 0) is 19.1 Å². The van der Waals surface area contributed by atoms with E-state index in [1.54, 1.807) is 0 Å². The standard InChI is InChI=1S/C19H25N3O4/c1-13(2)18(19(25)26-3)20-16(23)9-10-17(24)22-12-11-15(21-22)14-7-5-4-6-8-14/h4-8,13,18H,9-12H2,1-3H3,(H,20,23)/t18-/m0/s1. The Morgan fingerprint density at radius 1 is 1.19 bits per heavy atom. The number of hydrogen-bond donors (Lipinski definition) is 1. The summed E-state index contributed by atoms with van der Waals surface area (Å²) in [7, 11) is 1.28. The first-order valence-corrected chi connectivity index (χ1v) is 8.72. The predicted octanol–water partition coefficient (Wildman–Crippen LogP) is 1.72. The van der Waals surface area contributed by atoms with Crippen molar-refractivity contribution in [2.24, 2.45) is 11.0 Å². The molecule has 26 heavy (non-hydrogen) atoms. The summed E-state index contributed by atoms with van der Waals surface area (Å²) in [5.74, 6) is -1.14. The van der Waals surface area contributed by atoms with Gasteiger partial charge in [-0.15, -0.1) is 0 Å². The van der Waals surface area contributed by atoms with Gasteiger partial charge in [0.25, 0.3) is 0 Å². The van der Waals surface area contributed by atoms with E-state index in [0.29, 0.717) is 13.0 Å². The monoisotopic (exact) mass is 359 g/mol. The van der Waals surface area contributed by atoms with E-state index in [-0.39, 0.29) is 30.6 Å². The molecule has 1 aliphatic heterocycles. The van der Waals surface area contributed by atoms with Gasteiger partial charge in [0.05, 0.1) is 19.4 Å². The van der Waals surface area contributed by atoms with Gasteiger partial charge in [-0.2, -0.15) is 5.10 Å². The molecular formula is C19H25N3O4. The minimum absolute atomic E-state index is 0.00569. The van der Waals surface area contributed by atoms with Crippen molar-refractivity contribution in [2.45, 2.75) is 39.2 Å². The predicted molar refractivity (Wildman–Crippen MR) is 97.3 cm³/mol. The van der Waals surface area contributed by atoms with E-state index in [2.05, 4.69) is 15.2 Å². The van der Waals surface area contributed by atoms with E-state index in [4.69, 9.17) is 0 Å². The maximum absolute atomic E-state index is 12.3. The van der Waals surface area contributed by atoms with Crippen molar-refractivity contribution in [1.82, 2.24) is 10.3 Å². The highest BCUT2D eigenvalue weighted by Crippen LogP contribution is 2.15. The minimum atomic E-state index is -0.711. The first-order valence-electron chi connectivity index (χ1n) is 8.72. The van der Waals surface area contributed by atoms with Crippen molar-refractivity contribution in [3.05, 3.63) is 35.9 Å². The zero-order valence-corrected chi connectivity index (χ0v) is 15.4. The molecule has 0 aliphatic carbocycles. The van der Waals surface area contributed by atoms with E-state index in [9.17, 15) is 14.4 Å². The average Bonchev–Trinajstić information content (AvgIpc) is 3.14. The Balaban J connectivity index is 1.86. The Morgan fingerprint density at radius 2 is 1.88 bits per heavy atom. The first-order chi connectivity index (χ1) is 12.4. The maximum Gasteiger partial charge on any atom is 0.328 e. The molecule has 0 unspecified atom stereocenters. The number of carbonyl (C=O) groups excluding carboxylic acids is 3. The largest absolute Gasteiger partial charge is 0.467 e. The van der Waals surface area contributed by atoms with Crippen molar-refractivity contribution in [3.8, 4) is 0 Å². The Hall–Kier alpha value is -2.70. The van der Waals surface area contributed by atoms with E-state index in [0.717, 1.165) is 11.3 Å². The van der Waals surface area contributed by atoms with Crippen LogP contribution >= 0.6 is 0 Å². The number of rotatable bonds is 7. The van der Waals surface area contributed by atoms with Crippen LogP contribution in [0.15, 0.2) is 35.4 Å². The van der Waals surface area contributed by atoms with Gasteiger partial charge in [0.1, 0.15) is 6.04 Å². The fourth-order valence-corrected chi connectivity index (χ4v) is 2.69. The van der Waals surface area contributed by atoms with Crippen molar-refractivity contribution in [1.29, 1.82) is 0 Å². The second kappa shape index (κ2) is 9.12. The molecule has 7 nitrogen and oxygen atoms in total. The molecule has 0 bridgehead atoms. The number of hydrazone groups is 1. The summed E-state index contributed by atoms with van der Waals surface area (Å²) in [6.45, 7) is 4.15. The SMILES string of the molecule is COC(=O)[C@@H](NC(=O)CCC(=O)N1CCC(c2ccccc2)=N1)C(C)C. The lowest BCUT2D eigenvalue weighted by Crippen LogP contribution is -2.45. The topological polar surface area (TPSA) is 88.1 Å². The zero-order valence-electron chi connectivity index (χ0n) is 15.4. The highest BCUT2D eigenvalue weighted by atomic mass is 16.5. The summed E-state index contributed by atoms with van der Waals surface area (Å²) in [6, 6.07) is 8.99. The van der Waals surface area contributed by atoms with E-state index in [1.165, 1.54) is 12.1 Å². The van der Waals surface area contributed by atoms with Crippen LogP contribution in [0.1, 0.15) is 38.7 Å². The Kier molecular flexibility index (Phi) is 6.89. The first kappa shape index (κ1) is 19.6. The molecule has 0 saturated carbocycles. The van der Waals surface area contributed by atoms with Crippen LogP contribution in [0.4, 0.5) is 0 Å². The van der Waals surface area contributed by atoms with Gasteiger partial charge in [-0.05, 0) is 11.5 Å². The molecule has 0 saturated heterocycles. The summed E-state index contributed by atoms with van der Waals surface area (Å²) < 4.78 is 4.69. The number of benzene rings is 1. The fourth-order valence-electron chi connectivity index (χ4n) is 2.69. The molecule has 0 aromatic heterocycles. The van der Waals surface area contributed by atoms with Gasteiger partial charge in [-0.3, -0.25) is 9.59 Å². The summed E-state index contributed by atoms with van der Waals surface area (Å²) in [5, 5.41) is 8.40. The summed E-state index contributed by atoms with van der Waals surface area (Å²) in [6.07, 6.45) is 0.745. The summed E-state index contributed by atoms with van der Waals surface area (Å²) in [4.78, 5) is 36.0. The lowest BCUT2D eigenvalue weighted by Gasteiger charge is -2.20. The van der Waals surface area contributed by atoms with Crippen molar-refractivity contribution >= 4 is 23.5 Å². The second-order valence-corrected chi connectivity index (χ2v) is 6.49. The van der Waals surface area contributed by atoms with Crippen LogP contribution < -0.4 is 5.32 Å². The molecule has 1 aliphatic rings. The lowest BCUT2D eigenvalue weighted by atomic mass is 10.0. The molecule has 1 N–H and O–H groups in total. The maximum atomic E-state index is 12.3. The smallest absolute Gasteiger partial charge is 0.328 e. The molecule has 0 fully saturated rings. The summed E-state index contributed by atoms with van der Waals surface area (Å²) in [5.41, 5.74) is 1.87. The molecule has 0 spiro atoms. The third-order valence-corrected chi connectivity index (χ3v) is 4.20. The number of nitrogens with one attached hydrogen (secondary N) is 1. The van der Waals surface area contributed by atoms with Crippen LogP contribution in [-0.4, -0.2) is 48.2 Å². The van der Waals surface area contributed by atoms with Gasteiger partial charge < -0.3 is 10.1 Å². The molecule has 1 aromatic rings. The highest BCUT2D eigenvalue weighted by Gasteiger charge is 2.26. The van der Waals surface area contributed by atoms with Gasteiger partial charge in [0.2, 0.25) is 11.8 Å². The Bertz CT molecular complexity index is 685. The van der Waals surface area contributed by atoms with Crippen molar-refractivity contribution < 1.29 is 19.1 Å². The number of amides is 2. The Labute approximate surface area is 153 Å². The van der Waals surface area contributed by atoms with Gasteiger partial charge in [-0.1, -0.05) is 44.2 Å². The van der Waals surface area contributed by atoms with Crippen LogP contribution in [0.25, 0.3) is 0 Å². The van der Waals surface area contributed by atoms with Crippen LogP contribution in [0.5, 0.6) is 0 Å². The molecule has 1 atom stereocenters. The van der Waals surface area contributed by atoms with Gasteiger partial charge in [0, 0.05) is 19.3 Å². The highest BCUT2D eigenvalue weighted by molar-refractivity contribution is 6.02. The third-order valence-electron chi connectivity index (χ3n) is 4.20. The van der Waals surface area contributed by atoms with Gasteiger partial charge in [-0.25, -0.2) is 9.80 Å². The molecule has 140 valence electrons. The number of methoxy groups -OCH3 is 1. The molecule has 1 aromatic carbocycles. The summed E-state index contributed by atoms with van der Waals surface area (Å²) >= 11 is 0. The van der Waals surface area contributed by atoms with Gasteiger partial charge in [0.15, 0.2) is 0 Å². The quantitative estimate of drug-likeness (QED) is 0.751. The number of nitrogens with zero attached hydrogens (tertiary/aromatic N) is 2. The molecule has 2 amide bonds. The molecule has 1 heterocycles. The molecule has 2 rings (SSSR count). The number of hydrogen-bond acceptors (Lipinski definition) is 5. The van der Waals surface area contributed by atoms with E-state index < -0.39 is 12.0 Å². The molecule has 0 radical (unpaired) electrons. The van der Waals surface area contributed by atoms with Crippen molar-refractivity contribution in [3.63, 3.8) is 0 Å². The molecular weight excluding hydrogens is 334 g/mol. The fraction of sp³-hybridized carbons (Fsp3) is 0.474. The number of ether oxygens (including phenoxy) is 1. The lowest BCUT2D eigenvalue weighted by molar-refractivity contribution is -0.146. The second-order valence-electron chi connectivity index (χ2n) is 6.49. The Morgan fingerprint density at radius 3 is 2.50 bits per heavy atom. The van der Waals surface area contributed by atoms with Crippen LogP contribution in [0, 0.1) is 5.92 Å². The third kappa shape index (κ3) is 5.15. The van der Waals surface area contributed by atoms with Crippen LogP contribution in [0.3, 0.4) is 0 Å². The van der Waals surface area contributed by atoms with Crippen molar-refractivity contribution in [2.75, 3.05) is 13.7 Å². The number of esters is 1.